The molecule has 0 aliphatic rings. The van der Waals surface area contributed by atoms with E-state index in [1.54, 1.807) is 13.0 Å². The molecule has 0 saturated heterocycles. The molecule has 96 valence electrons. The maximum Gasteiger partial charge on any atom is 0.323 e. The number of thioether (sulfide) groups is 1. The molecule has 0 saturated carbocycles. The number of nitrogens with two attached hydrogens (primary N) is 1. The van der Waals surface area contributed by atoms with Gasteiger partial charge in [-0.05, 0) is 18.6 Å². The number of hydrogen-bond acceptors (Lipinski definition) is 5. The normalized spacial score (nSPS) is 11.6. The highest BCUT2D eigenvalue weighted by Gasteiger charge is 2.14. The highest BCUT2D eigenvalue weighted by molar-refractivity contribution is 7.98. The van der Waals surface area contributed by atoms with Crippen LogP contribution in [0.2, 0.25) is 0 Å². The molecule has 0 amide bonds. The van der Waals surface area contributed by atoms with Crippen molar-refractivity contribution in [1.82, 2.24) is 0 Å². The van der Waals surface area contributed by atoms with E-state index in [2.05, 4.69) is 6.07 Å². The summed E-state index contributed by atoms with van der Waals surface area (Å²) >= 11 is 1.52. The van der Waals surface area contributed by atoms with E-state index in [-0.39, 0.29) is 5.97 Å². The molecule has 0 radical (unpaired) electrons. The molecule has 0 fully saturated rings. The Hall–Kier alpha value is -1.51. The average Bonchev–Trinajstić information content (AvgIpc) is 2.39. The van der Waals surface area contributed by atoms with Crippen LogP contribution in [-0.4, -0.2) is 24.4 Å². The van der Waals surface area contributed by atoms with Crippen molar-refractivity contribution in [3.05, 3.63) is 35.4 Å². The average molecular weight is 264 g/mol. The van der Waals surface area contributed by atoms with Gasteiger partial charge in [0.2, 0.25) is 0 Å². The zero-order valence-electron chi connectivity index (χ0n) is 10.3. The number of nitrogens with zero attached hydrogens (tertiary/aromatic N) is 1. The Kier molecular flexibility index (Phi) is 6.26. The molecule has 1 atom stereocenters. The van der Waals surface area contributed by atoms with Gasteiger partial charge in [0.15, 0.2) is 0 Å². The summed E-state index contributed by atoms with van der Waals surface area (Å²) in [4.78, 5) is 11.3. The number of carbonyl (C=O) groups is 1. The third kappa shape index (κ3) is 4.40. The second kappa shape index (κ2) is 7.75. The Morgan fingerprint density at radius 1 is 1.56 bits per heavy atom. The van der Waals surface area contributed by atoms with E-state index in [1.165, 1.54) is 11.8 Å². The van der Waals surface area contributed by atoms with Crippen molar-refractivity contribution >= 4 is 17.7 Å². The van der Waals surface area contributed by atoms with Gasteiger partial charge < -0.3 is 10.5 Å². The second-order valence-electron chi connectivity index (χ2n) is 3.64. The van der Waals surface area contributed by atoms with Crippen LogP contribution in [0.25, 0.3) is 0 Å². The number of hydrogen-bond donors (Lipinski definition) is 1. The zero-order valence-corrected chi connectivity index (χ0v) is 11.1. The lowest BCUT2D eigenvalue weighted by Gasteiger charge is -2.10. The Bertz CT molecular complexity index is 443. The Morgan fingerprint density at radius 2 is 2.28 bits per heavy atom. The summed E-state index contributed by atoms with van der Waals surface area (Å²) in [6.07, 6.45) is 0. The lowest BCUT2D eigenvalue weighted by atomic mass is 10.1. The minimum Gasteiger partial charge on any atom is -0.465 e. The van der Waals surface area contributed by atoms with Crippen molar-refractivity contribution < 1.29 is 9.53 Å². The van der Waals surface area contributed by atoms with Gasteiger partial charge >= 0.3 is 5.97 Å². The Morgan fingerprint density at radius 3 is 2.94 bits per heavy atom. The van der Waals surface area contributed by atoms with Crippen LogP contribution in [0.15, 0.2) is 24.3 Å². The maximum absolute atomic E-state index is 11.3. The van der Waals surface area contributed by atoms with Gasteiger partial charge in [-0.25, -0.2) is 0 Å². The smallest absolute Gasteiger partial charge is 0.323 e. The monoisotopic (exact) mass is 264 g/mol. The molecule has 1 aromatic rings. The summed E-state index contributed by atoms with van der Waals surface area (Å²) in [6, 6.07) is 8.94. The largest absolute Gasteiger partial charge is 0.465 e. The van der Waals surface area contributed by atoms with Crippen molar-refractivity contribution in [2.45, 2.75) is 18.7 Å². The molecule has 0 aliphatic heterocycles. The molecule has 0 heterocycles. The van der Waals surface area contributed by atoms with Crippen LogP contribution in [0.5, 0.6) is 0 Å². The van der Waals surface area contributed by atoms with Gasteiger partial charge in [0.05, 0.1) is 18.2 Å². The minimum absolute atomic E-state index is 0.342. The van der Waals surface area contributed by atoms with Crippen LogP contribution in [0.3, 0.4) is 0 Å². The molecule has 18 heavy (non-hydrogen) atoms. The number of benzene rings is 1. The van der Waals surface area contributed by atoms with Gasteiger partial charge in [-0.1, -0.05) is 18.2 Å². The van der Waals surface area contributed by atoms with Crippen molar-refractivity contribution in [1.29, 1.82) is 5.26 Å². The van der Waals surface area contributed by atoms with E-state index in [9.17, 15) is 4.79 Å². The summed E-state index contributed by atoms with van der Waals surface area (Å²) in [5, 5.41) is 8.93. The van der Waals surface area contributed by atoms with Gasteiger partial charge in [0, 0.05) is 11.5 Å². The first-order chi connectivity index (χ1) is 8.69. The first-order valence-corrected chi connectivity index (χ1v) is 6.82. The summed E-state index contributed by atoms with van der Waals surface area (Å²) in [7, 11) is 0. The number of nitriles is 1. The fourth-order valence-corrected chi connectivity index (χ4v) is 2.35. The highest BCUT2D eigenvalue weighted by Crippen LogP contribution is 2.16. The predicted molar refractivity (Wildman–Crippen MR) is 71.9 cm³/mol. The minimum atomic E-state index is -0.607. The van der Waals surface area contributed by atoms with Crippen molar-refractivity contribution in [2.24, 2.45) is 5.73 Å². The van der Waals surface area contributed by atoms with E-state index in [4.69, 9.17) is 15.7 Å². The van der Waals surface area contributed by atoms with Gasteiger partial charge in [-0.2, -0.15) is 17.0 Å². The zero-order chi connectivity index (χ0) is 13.4. The highest BCUT2D eigenvalue weighted by atomic mass is 32.2. The maximum atomic E-state index is 11.3. The summed E-state index contributed by atoms with van der Waals surface area (Å²) < 4.78 is 4.82. The third-order valence-corrected chi connectivity index (χ3v) is 3.39. The fourth-order valence-electron chi connectivity index (χ4n) is 1.37. The van der Waals surface area contributed by atoms with E-state index < -0.39 is 6.04 Å². The fraction of sp³-hybridized carbons (Fsp3) is 0.385. The Balaban J connectivity index is 2.42. The van der Waals surface area contributed by atoms with E-state index >= 15 is 0 Å². The molecule has 1 rings (SSSR count). The van der Waals surface area contributed by atoms with Crippen molar-refractivity contribution in [3.63, 3.8) is 0 Å². The standard InChI is InChI=1S/C13H16N2O2S/c1-2-17-13(16)12(15)9-18-8-11-6-4-3-5-10(11)7-14/h3-6,12H,2,8-9,15H2,1H3. The van der Waals surface area contributed by atoms with Gasteiger partial charge in [-0.15, -0.1) is 0 Å². The molecule has 1 aromatic carbocycles. The summed E-state index contributed by atoms with van der Waals surface area (Å²) in [5.74, 6) is 0.772. The molecule has 0 aliphatic carbocycles. The third-order valence-electron chi connectivity index (χ3n) is 2.28. The van der Waals surface area contributed by atoms with Crippen LogP contribution in [0, 0.1) is 11.3 Å². The van der Waals surface area contributed by atoms with Crippen LogP contribution >= 0.6 is 11.8 Å². The lowest BCUT2D eigenvalue weighted by molar-refractivity contribution is -0.144. The van der Waals surface area contributed by atoms with Crippen LogP contribution in [0.1, 0.15) is 18.1 Å². The van der Waals surface area contributed by atoms with Gasteiger partial charge in [-0.3, -0.25) is 4.79 Å². The molecular formula is C13H16N2O2S. The number of carbonyl (C=O) groups excluding carboxylic acids is 1. The molecule has 0 spiro atoms. The molecular weight excluding hydrogens is 248 g/mol. The van der Waals surface area contributed by atoms with Crippen LogP contribution in [0.4, 0.5) is 0 Å². The number of esters is 1. The molecule has 0 aromatic heterocycles. The number of rotatable bonds is 6. The van der Waals surface area contributed by atoms with Crippen LogP contribution in [-0.2, 0) is 15.3 Å². The number of ether oxygens (including phenoxy) is 1. The van der Waals surface area contributed by atoms with E-state index in [1.807, 2.05) is 18.2 Å². The van der Waals surface area contributed by atoms with Crippen molar-refractivity contribution in [2.75, 3.05) is 12.4 Å². The van der Waals surface area contributed by atoms with E-state index in [0.29, 0.717) is 23.7 Å². The lowest BCUT2D eigenvalue weighted by Crippen LogP contribution is -2.34. The SMILES string of the molecule is CCOC(=O)C(N)CSCc1ccccc1C#N. The van der Waals surface area contributed by atoms with Crippen molar-refractivity contribution in [3.8, 4) is 6.07 Å². The molecule has 0 bridgehead atoms. The predicted octanol–water partition coefficient (Wildman–Crippen LogP) is 1.68. The second-order valence-corrected chi connectivity index (χ2v) is 4.67. The molecule has 5 heteroatoms. The van der Waals surface area contributed by atoms with E-state index in [0.717, 1.165) is 5.56 Å². The molecule has 2 N–H and O–H groups in total. The summed E-state index contributed by atoms with van der Waals surface area (Å²) in [5.41, 5.74) is 7.30. The Labute approximate surface area is 111 Å². The molecule has 4 nitrogen and oxygen atoms in total. The quantitative estimate of drug-likeness (QED) is 0.791. The van der Waals surface area contributed by atoms with Crippen LogP contribution < -0.4 is 5.73 Å². The molecule has 1 unspecified atom stereocenters. The first-order valence-electron chi connectivity index (χ1n) is 5.67. The first kappa shape index (κ1) is 14.6. The topological polar surface area (TPSA) is 76.1 Å². The summed E-state index contributed by atoms with van der Waals surface area (Å²) in [6.45, 7) is 2.09. The van der Waals surface area contributed by atoms with Gasteiger partial charge in [0.25, 0.3) is 0 Å². The van der Waals surface area contributed by atoms with Gasteiger partial charge in [0.1, 0.15) is 6.04 Å².